The largest absolute Gasteiger partial charge is 0.316 e. The van der Waals surface area contributed by atoms with E-state index in [1.807, 2.05) is 43.4 Å². The first-order chi connectivity index (χ1) is 13.0. The Bertz CT molecular complexity index is 974. The van der Waals surface area contributed by atoms with Crippen molar-refractivity contribution >= 4 is 17.5 Å². The summed E-state index contributed by atoms with van der Waals surface area (Å²) >= 11 is 6.36. The summed E-state index contributed by atoms with van der Waals surface area (Å²) in [5, 5.41) is 6.51. The van der Waals surface area contributed by atoms with Crippen LogP contribution in [0.3, 0.4) is 0 Å². The van der Waals surface area contributed by atoms with E-state index in [1.54, 1.807) is 6.07 Å². The molecule has 0 aliphatic rings. The van der Waals surface area contributed by atoms with Crippen LogP contribution in [-0.2, 0) is 6.54 Å². The summed E-state index contributed by atoms with van der Waals surface area (Å²) in [6.45, 7) is 4.91. The van der Waals surface area contributed by atoms with Gasteiger partial charge in [0.25, 0.3) is 5.95 Å². The number of benzene rings is 2. The van der Waals surface area contributed by atoms with Crippen LogP contribution in [0.1, 0.15) is 30.9 Å². The van der Waals surface area contributed by atoms with Gasteiger partial charge in [-0.05, 0) is 42.3 Å². The second-order valence-corrected chi connectivity index (χ2v) is 6.91. The fourth-order valence-electron chi connectivity index (χ4n) is 2.75. The molecule has 6 nitrogen and oxygen atoms in total. The lowest BCUT2D eigenvalue weighted by Crippen LogP contribution is -2.05. The van der Waals surface area contributed by atoms with E-state index >= 15 is 0 Å². The molecule has 0 aliphatic heterocycles. The van der Waals surface area contributed by atoms with Gasteiger partial charge in [-0.25, -0.2) is 4.98 Å². The molecule has 0 amide bonds. The van der Waals surface area contributed by atoms with E-state index in [0.29, 0.717) is 34.7 Å². The monoisotopic (exact) mass is 381 g/mol. The van der Waals surface area contributed by atoms with Crippen molar-refractivity contribution in [3.63, 3.8) is 0 Å². The maximum Gasteiger partial charge on any atom is 0.295 e. The van der Waals surface area contributed by atoms with E-state index in [2.05, 4.69) is 39.3 Å². The zero-order valence-electron chi connectivity index (χ0n) is 15.4. The highest BCUT2D eigenvalue weighted by atomic mass is 35.5. The number of aromatic nitrogens is 3. The van der Waals surface area contributed by atoms with Crippen molar-refractivity contribution in [1.29, 1.82) is 0 Å². The number of hydrogen-bond donors (Lipinski definition) is 1. The minimum atomic E-state index is -0.167. The predicted octanol–water partition coefficient (Wildman–Crippen LogP) is 5.10. The quantitative estimate of drug-likeness (QED) is 0.601. The summed E-state index contributed by atoms with van der Waals surface area (Å²) in [5.74, 6) is 0.919. The summed E-state index contributed by atoms with van der Waals surface area (Å²) in [5.41, 5.74) is 3.63. The Labute approximate surface area is 163 Å². The molecular weight excluding hydrogens is 362 g/mol. The molecule has 1 heterocycles. The summed E-state index contributed by atoms with van der Waals surface area (Å²) in [6, 6.07) is 13.5. The smallest absolute Gasteiger partial charge is 0.295 e. The molecule has 7 heteroatoms. The van der Waals surface area contributed by atoms with Crippen molar-refractivity contribution in [2.45, 2.75) is 26.3 Å². The minimum Gasteiger partial charge on any atom is -0.316 e. The standard InChI is InChI=1S/C20H20ClN5O/c1-12(2)14-5-4-6-15(10-14)18-23-19(25-20(24-18)26-27)16-9-13(11-22-3)7-8-17(16)21/h4-10,12,22H,11H2,1-3H3. The van der Waals surface area contributed by atoms with Crippen LogP contribution in [0, 0.1) is 4.91 Å². The number of nitroso groups, excluding NO2 is 1. The Balaban J connectivity index is 2.14. The Morgan fingerprint density at radius 3 is 2.56 bits per heavy atom. The first-order valence-corrected chi connectivity index (χ1v) is 9.02. The highest BCUT2D eigenvalue weighted by Gasteiger charge is 2.14. The maximum absolute atomic E-state index is 11.2. The van der Waals surface area contributed by atoms with Crippen LogP contribution < -0.4 is 5.32 Å². The van der Waals surface area contributed by atoms with Gasteiger partial charge >= 0.3 is 0 Å². The fourth-order valence-corrected chi connectivity index (χ4v) is 2.95. The lowest BCUT2D eigenvalue weighted by atomic mass is 10.0. The Kier molecular flexibility index (Phi) is 5.88. The second-order valence-electron chi connectivity index (χ2n) is 6.50. The molecule has 0 fully saturated rings. The first-order valence-electron chi connectivity index (χ1n) is 8.65. The molecule has 0 radical (unpaired) electrons. The van der Waals surface area contributed by atoms with E-state index in [1.165, 1.54) is 0 Å². The highest BCUT2D eigenvalue weighted by molar-refractivity contribution is 6.33. The van der Waals surface area contributed by atoms with Crippen molar-refractivity contribution in [3.8, 4) is 22.8 Å². The maximum atomic E-state index is 11.2. The summed E-state index contributed by atoms with van der Waals surface area (Å²) < 4.78 is 0. The lowest BCUT2D eigenvalue weighted by molar-refractivity contribution is 0.818. The molecule has 0 saturated heterocycles. The third kappa shape index (κ3) is 4.35. The van der Waals surface area contributed by atoms with Crippen LogP contribution in [0.4, 0.5) is 5.95 Å². The third-order valence-corrected chi connectivity index (χ3v) is 4.50. The second kappa shape index (κ2) is 8.33. The molecule has 1 N–H and O–H groups in total. The van der Waals surface area contributed by atoms with Crippen molar-refractivity contribution in [2.75, 3.05) is 7.05 Å². The van der Waals surface area contributed by atoms with Gasteiger partial charge in [0, 0.05) is 22.8 Å². The van der Waals surface area contributed by atoms with Crippen LogP contribution in [-0.4, -0.2) is 22.0 Å². The number of hydrogen-bond acceptors (Lipinski definition) is 6. The molecule has 0 unspecified atom stereocenters. The van der Waals surface area contributed by atoms with Gasteiger partial charge in [0.15, 0.2) is 11.6 Å². The SMILES string of the molecule is CNCc1ccc(Cl)c(-c2nc(N=O)nc(-c3cccc(C(C)C)c3)n2)c1. The lowest BCUT2D eigenvalue weighted by Gasteiger charge is -2.10. The van der Waals surface area contributed by atoms with Crippen LogP contribution in [0.15, 0.2) is 47.6 Å². The van der Waals surface area contributed by atoms with Gasteiger partial charge in [0.2, 0.25) is 0 Å². The normalized spacial score (nSPS) is 11.0. The first kappa shape index (κ1) is 19.1. The molecule has 0 saturated carbocycles. The molecule has 0 atom stereocenters. The highest BCUT2D eigenvalue weighted by Crippen LogP contribution is 2.30. The molecule has 2 aromatic carbocycles. The van der Waals surface area contributed by atoms with Gasteiger partial charge in [-0.1, -0.05) is 49.7 Å². The number of rotatable bonds is 6. The Hall–Kier alpha value is -2.70. The van der Waals surface area contributed by atoms with Crippen LogP contribution in [0.2, 0.25) is 5.02 Å². The molecule has 1 aromatic heterocycles. The fraction of sp³-hybridized carbons (Fsp3) is 0.250. The van der Waals surface area contributed by atoms with Gasteiger partial charge in [-0.15, -0.1) is 4.91 Å². The number of nitrogens with zero attached hydrogens (tertiary/aromatic N) is 4. The number of nitrogens with one attached hydrogen (secondary N) is 1. The molecule has 138 valence electrons. The summed E-state index contributed by atoms with van der Waals surface area (Å²) in [6.07, 6.45) is 0. The molecule has 3 aromatic rings. The molecule has 27 heavy (non-hydrogen) atoms. The van der Waals surface area contributed by atoms with Gasteiger partial charge in [0.05, 0.1) is 5.02 Å². The van der Waals surface area contributed by atoms with Gasteiger partial charge in [-0.2, -0.15) is 9.97 Å². The topological polar surface area (TPSA) is 80.1 Å². The van der Waals surface area contributed by atoms with Crippen LogP contribution in [0.25, 0.3) is 22.8 Å². The van der Waals surface area contributed by atoms with E-state index < -0.39 is 0 Å². The van der Waals surface area contributed by atoms with Crippen LogP contribution >= 0.6 is 11.6 Å². The summed E-state index contributed by atoms with van der Waals surface area (Å²) in [4.78, 5) is 24.1. The zero-order chi connectivity index (χ0) is 19.4. The zero-order valence-corrected chi connectivity index (χ0v) is 16.2. The van der Waals surface area contributed by atoms with E-state index in [9.17, 15) is 4.91 Å². The van der Waals surface area contributed by atoms with Gasteiger partial charge < -0.3 is 5.32 Å². The average molecular weight is 382 g/mol. The minimum absolute atomic E-state index is 0.167. The predicted molar refractivity (Wildman–Crippen MR) is 108 cm³/mol. The van der Waals surface area contributed by atoms with E-state index in [4.69, 9.17) is 11.6 Å². The molecular formula is C20H20ClN5O. The van der Waals surface area contributed by atoms with Crippen molar-refractivity contribution in [1.82, 2.24) is 20.3 Å². The Morgan fingerprint density at radius 2 is 1.85 bits per heavy atom. The number of halogens is 1. The van der Waals surface area contributed by atoms with E-state index in [-0.39, 0.29) is 5.95 Å². The third-order valence-electron chi connectivity index (χ3n) is 4.17. The van der Waals surface area contributed by atoms with Crippen molar-refractivity contribution < 1.29 is 0 Å². The van der Waals surface area contributed by atoms with E-state index in [0.717, 1.165) is 16.7 Å². The molecule has 0 spiro atoms. The summed E-state index contributed by atoms with van der Waals surface area (Å²) in [7, 11) is 1.87. The van der Waals surface area contributed by atoms with Gasteiger partial charge in [0.1, 0.15) is 0 Å². The Morgan fingerprint density at radius 1 is 1.07 bits per heavy atom. The molecule has 0 bridgehead atoms. The van der Waals surface area contributed by atoms with Crippen molar-refractivity contribution in [3.05, 3.63) is 63.5 Å². The van der Waals surface area contributed by atoms with Crippen LogP contribution in [0.5, 0.6) is 0 Å². The van der Waals surface area contributed by atoms with Crippen molar-refractivity contribution in [2.24, 2.45) is 5.18 Å². The molecule has 0 aliphatic carbocycles. The van der Waals surface area contributed by atoms with Gasteiger partial charge in [-0.3, -0.25) is 0 Å². The molecule has 3 rings (SSSR count). The average Bonchev–Trinajstić information content (AvgIpc) is 2.69.